The molecular formula is C18H18N8OS. The van der Waals surface area contributed by atoms with Crippen LogP contribution in [-0.2, 0) is 13.0 Å². The third-order valence-electron chi connectivity index (χ3n) is 4.05. The van der Waals surface area contributed by atoms with Gasteiger partial charge in [0.2, 0.25) is 4.77 Å². The van der Waals surface area contributed by atoms with Gasteiger partial charge in [-0.25, -0.2) is 4.68 Å². The van der Waals surface area contributed by atoms with Crippen LogP contribution in [0.15, 0.2) is 54.6 Å². The molecule has 4 rings (SSSR count). The zero-order valence-corrected chi connectivity index (χ0v) is 15.9. The molecule has 2 aromatic heterocycles. The molecular weight excluding hydrogens is 376 g/mol. The van der Waals surface area contributed by atoms with Crippen LogP contribution < -0.4 is 10.2 Å². The summed E-state index contributed by atoms with van der Waals surface area (Å²) in [5, 5.41) is 18.7. The molecule has 2 aromatic carbocycles. The highest BCUT2D eigenvalue weighted by Gasteiger charge is 2.11. The number of ether oxygens (including phenoxy) is 1. The first-order valence-electron chi connectivity index (χ1n) is 8.75. The van der Waals surface area contributed by atoms with Crippen LogP contribution in [0.5, 0.6) is 11.8 Å². The number of aryl methyl sites for hydroxylation is 1. The minimum atomic E-state index is 0.293. The summed E-state index contributed by atoms with van der Waals surface area (Å²) < 4.78 is 9.76. The van der Waals surface area contributed by atoms with Crippen molar-refractivity contribution in [1.82, 2.24) is 35.1 Å². The van der Waals surface area contributed by atoms with E-state index < -0.39 is 0 Å². The van der Waals surface area contributed by atoms with Crippen molar-refractivity contribution in [2.24, 2.45) is 0 Å². The van der Waals surface area contributed by atoms with Gasteiger partial charge in [0.15, 0.2) is 5.82 Å². The largest absolute Gasteiger partial charge is 0.423 e. The molecule has 0 atom stereocenters. The van der Waals surface area contributed by atoms with E-state index >= 15 is 0 Å². The smallest absolute Gasteiger partial charge is 0.345 e. The van der Waals surface area contributed by atoms with Gasteiger partial charge in [-0.05, 0) is 52.5 Å². The highest BCUT2D eigenvalue weighted by atomic mass is 32.1. The van der Waals surface area contributed by atoms with Crippen LogP contribution in [0.3, 0.4) is 0 Å². The lowest BCUT2D eigenvalue weighted by molar-refractivity contribution is 0.427. The van der Waals surface area contributed by atoms with E-state index in [-0.39, 0.29) is 0 Å². The van der Waals surface area contributed by atoms with E-state index in [4.69, 9.17) is 17.0 Å². The van der Waals surface area contributed by atoms with Gasteiger partial charge in [-0.1, -0.05) is 42.4 Å². The molecule has 0 aliphatic heterocycles. The molecule has 28 heavy (non-hydrogen) atoms. The van der Waals surface area contributed by atoms with Crippen molar-refractivity contribution in [3.8, 4) is 17.4 Å². The molecule has 4 aromatic rings. The predicted molar refractivity (Wildman–Crippen MR) is 106 cm³/mol. The van der Waals surface area contributed by atoms with Gasteiger partial charge in [0.25, 0.3) is 0 Å². The van der Waals surface area contributed by atoms with Crippen molar-refractivity contribution >= 4 is 12.2 Å². The van der Waals surface area contributed by atoms with Gasteiger partial charge >= 0.3 is 6.01 Å². The fourth-order valence-corrected chi connectivity index (χ4v) is 2.91. The number of H-pyrrole nitrogens is 1. The number of para-hydroxylation sites is 1. The fraction of sp³-hybridized carbons (Fsp3) is 0.167. The SMILES string of the molecule is CCc1n[nH]c(=S)n1NCc1cccc(Oc2nnnn2-c2ccccc2)c1. The van der Waals surface area contributed by atoms with Crippen molar-refractivity contribution in [3.05, 3.63) is 70.8 Å². The second kappa shape index (κ2) is 8.01. The zero-order chi connectivity index (χ0) is 19.3. The van der Waals surface area contributed by atoms with Crippen LogP contribution in [0.2, 0.25) is 0 Å². The minimum Gasteiger partial charge on any atom is -0.423 e. The highest BCUT2D eigenvalue weighted by molar-refractivity contribution is 7.71. The number of nitrogens with one attached hydrogen (secondary N) is 2. The summed E-state index contributed by atoms with van der Waals surface area (Å²) in [6.07, 6.45) is 0.769. The first-order valence-corrected chi connectivity index (χ1v) is 9.16. The number of tetrazole rings is 1. The Bertz CT molecular complexity index is 1120. The Balaban J connectivity index is 1.50. The van der Waals surface area contributed by atoms with Gasteiger partial charge in [0.1, 0.15) is 5.75 Å². The fourth-order valence-electron chi connectivity index (χ4n) is 2.70. The normalized spacial score (nSPS) is 10.8. The molecule has 10 heteroatoms. The Morgan fingerprint density at radius 2 is 2.00 bits per heavy atom. The third-order valence-corrected chi connectivity index (χ3v) is 4.32. The Morgan fingerprint density at radius 1 is 1.14 bits per heavy atom. The molecule has 0 aliphatic rings. The Labute approximate surface area is 166 Å². The summed E-state index contributed by atoms with van der Waals surface area (Å²) in [5.41, 5.74) is 5.11. The Kier molecular flexibility index (Phi) is 5.11. The molecule has 0 saturated heterocycles. The van der Waals surface area contributed by atoms with Crippen molar-refractivity contribution in [2.75, 3.05) is 5.43 Å². The lowest BCUT2D eigenvalue weighted by Gasteiger charge is -2.11. The van der Waals surface area contributed by atoms with Gasteiger partial charge < -0.3 is 10.2 Å². The monoisotopic (exact) mass is 394 g/mol. The lowest BCUT2D eigenvalue weighted by Crippen LogP contribution is -2.17. The van der Waals surface area contributed by atoms with E-state index in [9.17, 15) is 0 Å². The van der Waals surface area contributed by atoms with Crippen LogP contribution in [-0.4, -0.2) is 35.1 Å². The average molecular weight is 394 g/mol. The summed E-state index contributed by atoms with van der Waals surface area (Å²) in [5.74, 6) is 1.48. The number of nitrogens with zero attached hydrogens (tertiary/aromatic N) is 6. The van der Waals surface area contributed by atoms with Gasteiger partial charge in [0.05, 0.1) is 12.2 Å². The predicted octanol–water partition coefficient (Wildman–Crippen LogP) is 3.01. The van der Waals surface area contributed by atoms with Crippen LogP contribution in [0.4, 0.5) is 0 Å². The molecule has 142 valence electrons. The van der Waals surface area contributed by atoms with Crippen LogP contribution in [0.1, 0.15) is 18.3 Å². The average Bonchev–Trinajstić information content (AvgIpc) is 3.33. The number of benzene rings is 2. The van der Waals surface area contributed by atoms with Gasteiger partial charge in [-0.15, -0.1) is 0 Å². The molecule has 0 spiro atoms. The second-order valence-corrected chi connectivity index (χ2v) is 6.31. The molecule has 0 bridgehead atoms. The molecule has 0 amide bonds. The summed E-state index contributed by atoms with van der Waals surface area (Å²) in [7, 11) is 0. The van der Waals surface area contributed by atoms with Crippen molar-refractivity contribution in [1.29, 1.82) is 0 Å². The van der Waals surface area contributed by atoms with Gasteiger partial charge in [0, 0.05) is 6.42 Å². The lowest BCUT2D eigenvalue weighted by atomic mass is 10.2. The van der Waals surface area contributed by atoms with Gasteiger partial charge in [-0.3, -0.25) is 5.10 Å². The summed E-state index contributed by atoms with van der Waals surface area (Å²) in [4.78, 5) is 0. The summed E-state index contributed by atoms with van der Waals surface area (Å²) in [6, 6.07) is 17.6. The first kappa shape index (κ1) is 17.9. The Hall–Kier alpha value is -3.53. The van der Waals surface area contributed by atoms with Crippen molar-refractivity contribution < 1.29 is 4.74 Å². The minimum absolute atomic E-state index is 0.293. The topological polar surface area (TPSA) is 98.5 Å². The molecule has 0 radical (unpaired) electrons. The highest BCUT2D eigenvalue weighted by Crippen LogP contribution is 2.22. The summed E-state index contributed by atoms with van der Waals surface area (Å²) in [6.45, 7) is 2.58. The third kappa shape index (κ3) is 3.76. The van der Waals surface area contributed by atoms with E-state index in [0.29, 0.717) is 23.1 Å². The number of rotatable bonds is 7. The number of hydrogen-bond acceptors (Lipinski definition) is 7. The standard InChI is InChI=1S/C18H18N8OS/c1-2-16-20-22-18(28)26(16)19-12-13-7-6-10-15(11-13)27-17-21-23-24-25(17)14-8-4-3-5-9-14/h3-11,19H,2,12H2,1H3,(H,22,28). The molecule has 0 aliphatic carbocycles. The molecule has 2 heterocycles. The van der Waals surface area contributed by atoms with E-state index in [1.165, 1.54) is 0 Å². The van der Waals surface area contributed by atoms with E-state index in [1.807, 2.05) is 61.5 Å². The maximum Gasteiger partial charge on any atom is 0.345 e. The van der Waals surface area contributed by atoms with Crippen molar-refractivity contribution in [2.45, 2.75) is 19.9 Å². The first-order chi connectivity index (χ1) is 13.7. The molecule has 0 fully saturated rings. The van der Waals surface area contributed by atoms with E-state index in [0.717, 1.165) is 23.5 Å². The van der Waals surface area contributed by atoms with E-state index in [1.54, 1.807) is 9.36 Å². The maximum absolute atomic E-state index is 5.90. The molecule has 0 saturated carbocycles. The molecule has 0 unspecified atom stereocenters. The number of hydrogen-bond donors (Lipinski definition) is 2. The summed E-state index contributed by atoms with van der Waals surface area (Å²) >= 11 is 5.25. The van der Waals surface area contributed by atoms with Gasteiger partial charge in [-0.2, -0.15) is 9.78 Å². The van der Waals surface area contributed by atoms with Crippen LogP contribution in [0, 0.1) is 4.77 Å². The van der Waals surface area contributed by atoms with Crippen LogP contribution >= 0.6 is 12.2 Å². The zero-order valence-electron chi connectivity index (χ0n) is 15.1. The maximum atomic E-state index is 5.90. The van der Waals surface area contributed by atoms with Crippen LogP contribution in [0.25, 0.3) is 5.69 Å². The Morgan fingerprint density at radius 3 is 2.82 bits per heavy atom. The molecule has 2 N–H and O–H groups in total. The van der Waals surface area contributed by atoms with Crippen molar-refractivity contribution in [3.63, 3.8) is 0 Å². The van der Waals surface area contributed by atoms with E-state index in [2.05, 4.69) is 31.1 Å². The number of aromatic amines is 1. The quantitative estimate of drug-likeness (QED) is 0.465. The number of aromatic nitrogens is 7. The second-order valence-electron chi connectivity index (χ2n) is 5.93. The molecule has 9 nitrogen and oxygen atoms in total.